The van der Waals surface area contributed by atoms with Crippen LogP contribution in [0.25, 0.3) is 0 Å². The lowest BCUT2D eigenvalue weighted by Gasteiger charge is -2.65. The van der Waals surface area contributed by atoms with E-state index in [1.807, 2.05) is 27.7 Å². The van der Waals surface area contributed by atoms with Crippen LogP contribution in [-0.4, -0.2) is 111 Å². The molecule has 3 fully saturated rings. The number of allylic oxidation sites excluding steroid dienone is 1. The molecule has 0 amide bonds. The fraction of sp³-hybridized carbons (Fsp3) is 0.805. The highest BCUT2D eigenvalue weighted by Gasteiger charge is 2.75. The Bertz CT molecular complexity index is 1560. The van der Waals surface area contributed by atoms with E-state index in [0.717, 1.165) is 5.57 Å². The molecule has 1 unspecified atom stereocenters. The summed E-state index contributed by atoms with van der Waals surface area (Å²) in [6.07, 6.45) is 0.198. The highest BCUT2D eigenvalue weighted by atomic mass is 16.6. The molecule has 14 heteroatoms. The van der Waals surface area contributed by atoms with Crippen LogP contribution in [0.5, 0.6) is 0 Å². The van der Waals surface area contributed by atoms with Crippen LogP contribution in [0.2, 0.25) is 0 Å². The summed E-state index contributed by atoms with van der Waals surface area (Å²) < 4.78 is 38.5. The topological polar surface area (TPSA) is 187 Å². The van der Waals surface area contributed by atoms with Gasteiger partial charge in [-0.05, 0) is 69.1 Å². The van der Waals surface area contributed by atoms with Gasteiger partial charge >= 0.3 is 23.9 Å². The Morgan fingerprint density at radius 1 is 0.818 bits per heavy atom. The number of fused-ring (bicyclic) bond motifs is 5. The van der Waals surface area contributed by atoms with E-state index >= 15 is 4.79 Å². The number of aliphatic hydroxyl groups is 1. The van der Waals surface area contributed by atoms with Crippen molar-refractivity contribution in [3.05, 3.63) is 11.6 Å². The number of Topliss-reactive ketones (excluding diaryl/α,β-unsaturated/α-hetero) is 2. The Kier molecular flexibility index (Phi) is 12.9. The molecule has 0 heterocycles. The first kappa shape index (κ1) is 44.5. The Balaban J connectivity index is 1.81. The molecule has 0 aliphatic heterocycles. The van der Waals surface area contributed by atoms with Gasteiger partial charge in [-0.2, -0.15) is 0 Å². The van der Waals surface area contributed by atoms with Crippen molar-refractivity contribution >= 4 is 35.4 Å². The molecule has 0 radical (unpaired) electrons. The van der Waals surface area contributed by atoms with Crippen LogP contribution in [0.15, 0.2) is 11.6 Å². The molecule has 0 aromatic rings. The highest BCUT2D eigenvalue weighted by molar-refractivity contribution is 5.90. The maximum Gasteiger partial charge on any atom is 0.332 e. The lowest BCUT2D eigenvalue weighted by molar-refractivity contribution is -0.200. The number of carbonyl (C=O) groups is 6. The van der Waals surface area contributed by atoms with Gasteiger partial charge in [0.2, 0.25) is 0 Å². The third kappa shape index (κ3) is 8.02. The van der Waals surface area contributed by atoms with Gasteiger partial charge in [0.25, 0.3) is 0 Å². The van der Waals surface area contributed by atoms with Gasteiger partial charge < -0.3 is 38.3 Å². The zero-order valence-electron chi connectivity index (χ0n) is 34.7. The minimum absolute atomic E-state index is 0.0353. The van der Waals surface area contributed by atoms with Crippen molar-refractivity contribution in [1.82, 2.24) is 0 Å². The third-order valence-corrected chi connectivity index (χ3v) is 13.7. The van der Waals surface area contributed by atoms with E-state index in [1.165, 1.54) is 35.2 Å². The molecule has 310 valence electrons. The van der Waals surface area contributed by atoms with Crippen LogP contribution in [0.3, 0.4) is 0 Å². The van der Waals surface area contributed by atoms with Gasteiger partial charge in [0.05, 0.1) is 0 Å². The van der Waals surface area contributed by atoms with Crippen molar-refractivity contribution < 1.29 is 67.0 Å². The molecule has 0 spiro atoms. The summed E-state index contributed by atoms with van der Waals surface area (Å²) in [5.41, 5.74) is -5.81. The van der Waals surface area contributed by atoms with E-state index in [2.05, 4.69) is 13.0 Å². The first-order valence-electron chi connectivity index (χ1n) is 19.1. The minimum atomic E-state index is -2.05. The smallest absolute Gasteiger partial charge is 0.332 e. The molecule has 55 heavy (non-hydrogen) atoms. The van der Waals surface area contributed by atoms with Crippen LogP contribution in [-0.2, 0) is 61.9 Å². The molecule has 4 aliphatic rings. The Hall–Kier alpha value is -3.20. The number of carbonyl (C=O) groups excluding carboxylic acids is 6. The predicted octanol–water partition coefficient (Wildman–Crippen LogP) is 4.11. The van der Waals surface area contributed by atoms with Crippen LogP contribution in [0.1, 0.15) is 101 Å². The normalized spacial score (nSPS) is 34.9. The van der Waals surface area contributed by atoms with Crippen LogP contribution in [0.4, 0.5) is 0 Å². The monoisotopic (exact) mass is 778 g/mol. The predicted molar refractivity (Wildman–Crippen MR) is 196 cm³/mol. The molecule has 4 aliphatic carbocycles. The molecule has 0 aromatic heterocycles. The Morgan fingerprint density at radius 3 is 1.87 bits per heavy atom. The van der Waals surface area contributed by atoms with Gasteiger partial charge in [0.1, 0.15) is 55.1 Å². The Morgan fingerprint density at radius 2 is 1.35 bits per heavy atom. The van der Waals surface area contributed by atoms with E-state index in [1.54, 1.807) is 13.8 Å². The van der Waals surface area contributed by atoms with E-state index < -0.39 is 92.7 Å². The van der Waals surface area contributed by atoms with E-state index in [0.29, 0.717) is 6.42 Å². The van der Waals surface area contributed by atoms with Crippen molar-refractivity contribution in [2.24, 2.45) is 39.4 Å². The molecule has 10 atom stereocenters. The average molecular weight is 779 g/mol. The van der Waals surface area contributed by atoms with Gasteiger partial charge in [0.15, 0.2) is 5.78 Å². The quantitative estimate of drug-likeness (QED) is 0.142. The molecule has 3 saturated carbocycles. The molecule has 0 bridgehead atoms. The number of rotatable bonds is 15. The Labute approximate surface area is 324 Å². The minimum Gasteiger partial charge on any atom is -0.460 e. The molecular weight excluding hydrogens is 716 g/mol. The number of ether oxygens (including phenoxy) is 7. The summed E-state index contributed by atoms with van der Waals surface area (Å²) >= 11 is 0. The van der Waals surface area contributed by atoms with E-state index in [9.17, 15) is 29.1 Å². The summed E-state index contributed by atoms with van der Waals surface area (Å²) in [5, 5.41) is 12.4. The van der Waals surface area contributed by atoms with Crippen molar-refractivity contribution in [1.29, 1.82) is 0 Å². The summed E-state index contributed by atoms with van der Waals surface area (Å²) in [5.74, 6) is -4.81. The average Bonchev–Trinajstić information content (AvgIpc) is 3.27. The van der Waals surface area contributed by atoms with Crippen molar-refractivity contribution in [2.45, 2.75) is 130 Å². The lowest BCUT2D eigenvalue weighted by Crippen LogP contribution is -2.66. The van der Waals surface area contributed by atoms with Gasteiger partial charge in [-0.15, -0.1) is 0 Å². The maximum absolute atomic E-state index is 15.1. The molecule has 0 saturated heterocycles. The van der Waals surface area contributed by atoms with Crippen LogP contribution >= 0.6 is 0 Å². The summed E-state index contributed by atoms with van der Waals surface area (Å²) in [4.78, 5) is 79.7. The second kappa shape index (κ2) is 16.0. The summed E-state index contributed by atoms with van der Waals surface area (Å²) in [7, 11) is 4.12. The van der Waals surface area contributed by atoms with Gasteiger partial charge in [-0.25, -0.2) is 14.4 Å². The first-order chi connectivity index (χ1) is 25.4. The second-order valence-electron chi connectivity index (χ2n) is 18.0. The van der Waals surface area contributed by atoms with Crippen molar-refractivity contribution in [3.63, 3.8) is 0 Å². The first-order valence-corrected chi connectivity index (χ1v) is 19.1. The number of hydrogen-bond donors (Lipinski definition) is 1. The van der Waals surface area contributed by atoms with Crippen molar-refractivity contribution in [2.75, 3.05) is 41.2 Å². The molecular formula is C41H62O14. The maximum atomic E-state index is 15.1. The van der Waals surface area contributed by atoms with E-state index in [4.69, 9.17) is 33.2 Å². The fourth-order valence-corrected chi connectivity index (χ4v) is 11.1. The van der Waals surface area contributed by atoms with Crippen LogP contribution < -0.4 is 0 Å². The largest absolute Gasteiger partial charge is 0.460 e. The third-order valence-electron chi connectivity index (χ3n) is 13.7. The zero-order valence-corrected chi connectivity index (χ0v) is 34.7. The number of methoxy groups -OCH3 is 3. The summed E-state index contributed by atoms with van der Waals surface area (Å²) in [6, 6.07) is 0. The number of ketones is 2. The fourth-order valence-electron chi connectivity index (χ4n) is 11.1. The second-order valence-corrected chi connectivity index (χ2v) is 18.0. The van der Waals surface area contributed by atoms with Gasteiger partial charge in [-0.1, -0.05) is 46.3 Å². The molecule has 4 rings (SSSR count). The van der Waals surface area contributed by atoms with Gasteiger partial charge in [0, 0.05) is 57.8 Å². The van der Waals surface area contributed by atoms with Crippen LogP contribution in [0, 0.1) is 39.4 Å². The highest BCUT2D eigenvalue weighted by Crippen LogP contribution is 2.74. The molecule has 0 aromatic carbocycles. The van der Waals surface area contributed by atoms with Gasteiger partial charge in [-0.3, -0.25) is 14.4 Å². The SMILES string of the molecule is COCC(=O)O[C@H]1C[C@@H]2C(=CC[C@@H]3[C@@]2(C)C(=O)C[C@]2(C)C([C@@](C)(O)C(=O)CCC(C)(C)OC(C)=O)[C@H](OC(=O)COC)C[C@@]32C)C(C)(C)[C@@H]1OC(=O)COC. The molecule has 14 nitrogen and oxygen atoms in total. The number of esters is 4. The number of hydrogen-bond acceptors (Lipinski definition) is 14. The summed E-state index contributed by atoms with van der Waals surface area (Å²) in [6.45, 7) is 14.9. The van der Waals surface area contributed by atoms with Crippen molar-refractivity contribution in [3.8, 4) is 0 Å². The zero-order chi connectivity index (χ0) is 41.5. The van der Waals surface area contributed by atoms with E-state index in [-0.39, 0.29) is 63.6 Å². The standard InChI is InChI=1S/C41H62O14/c1-23(42)55-36(2,3)16-15-29(43)41(9,48)34-27(53-32(46)21-50-11)18-38(6)28-14-13-24-25(40(28,8)30(44)19-39(34,38)7)17-26(52-31(45)20-49-10)35(37(24,4)5)54-33(47)22-51-12/h13,25-28,34-35,48H,14-22H2,1-12H3/t25-,26+,27-,28+,34?,35-,38+,39-,40+,41+/m1/s1. The lowest BCUT2D eigenvalue weighted by atomic mass is 9.38. The molecule has 1 N–H and O–H groups in total.